The Labute approximate surface area is 122 Å². The van der Waals surface area contributed by atoms with E-state index in [2.05, 4.69) is 21.2 Å². The van der Waals surface area contributed by atoms with Crippen molar-refractivity contribution in [2.45, 2.75) is 25.1 Å². The molecule has 1 saturated heterocycles. The highest BCUT2D eigenvalue weighted by atomic mass is 79.9. The molecule has 1 aliphatic rings. The van der Waals surface area contributed by atoms with Crippen molar-refractivity contribution in [2.75, 3.05) is 6.54 Å². The van der Waals surface area contributed by atoms with E-state index < -0.39 is 24.1 Å². The summed E-state index contributed by atoms with van der Waals surface area (Å²) in [5.41, 5.74) is 0. The Bertz CT molecular complexity index is 493. The van der Waals surface area contributed by atoms with Gasteiger partial charge in [-0.25, -0.2) is 9.59 Å². The van der Waals surface area contributed by atoms with Crippen molar-refractivity contribution in [1.82, 2.24) is 10.2 Å². The van der Waals surface area contributed by atoms with E-state index in [1.54, 1.807) is 0 Å². The number of carbonyl (C=O) groups is 2. The molecule has 0 spiro atoms. The highest BCUT2D eigenvalue weighted by Gasteiger charge is 2.38. The molecule has 2 amide bonds. The summed E-state index contributed by atoms with van der Waals surface area (Å²) in [7, 11) is 0. The molecule has 1 fully saturated rings. The molecule has 1 aliphatic heterocycles. The van der Waals surface area contributed by atoms with Crippen molar-refractivity contribution in [1.29, 1.82) is 0 Å². The minimum atomic E-state index is -1.09. The molecule has 6 nitrogen and oxygen atoms in total. The number of halogens is 1. The second-order valence-corrected chi connectivity index (χ2v) is 6.20. The summed E-state index contributed by atoms with van der Waals surface area (Å²) in [5.74, 6) is -1.09. The molecule has 2 heterocycles. The average Bonchev–Trinajstić information content (AvgIpc) is 2.92. The van der Waals surface area contributed by atoms with Gasteiger partial charge in [-0.15, -0.1) is 11.3 Å². The zero-order valence-corrected chi connectivity index (χ0v) is 12.3. The molecule has 1 unspecified atom stereocenters. The Morgan fingerprint density at radius 2 is 2.32 bits per heavy atom. The van der Waals surface area contributed by atoms with Gasteiger partial charge in [-0.3, -0.25) is 0 Å². The fourth-order valence-electron chi connectivity index (χ4n) is 1.98. The minimum absolute atomic E-state index is 0.0525. The predicted molar refractivity (Wildman–Crippen MR) is 73.0 cm³/mol. The van der Waals surface area contributed by atoms with Gasteiger partial charge in [0.1, 0.15) is 6.04 Å². The van der Waals surface area contributed by atoms with Gasteiger partial charge in [0.2, 0.25) is 0 Å². The molecule has 1 aromatic heterocycles. The first-order chi connectivity index (χ1) is 8.97. The van der Waals surface area contributed by atoms with Gasteiger partial charge in [0.05, 0.1) is 12.6 Å². The predicted octanol–water partition coefficient (Wildman–Crippen LogP) is 1.24. The van der Waals surface area contributed by atoms with Gasteiger partial charge in [0.25, 0.3) is 0 Å². The van der Waals surface area contributed by atoms with Gasteiger partial charge in [-0.1, -0.05) is 0 Å². The number of aliphatic hydroxyl groups excluding tert-OH is 1. The third kappa shape index (κ3) is 3.46. The van der Waals surface area contributed by atoms with Crippen molar-refractivity contribution >= 4 is 39.3 Å². The first-order valence-electron chi connectivity index (χ1n) is 5.65. The van der Waals surface area contributed by atoms with E-state index in [1.807, 2.05) is 11.4 Å². The zero-order valence-electron chi connectivity index (χ0n) is 9.88. The van der Waals surface area contributed by atoms with E-state index in [-0.39, 0.29) is 13.0 Å². The number of carbonyl (C=O) groups excluding carboxylic acids is 1. The lowest BCUT2D eigenvalue weighted by molar-refractivity contribution is -0.141. The van der Waals surface area contributed by atoms with Crippen molar-refractivity contribution in [3.63, 3.8) is 0 Å². The van der Waals surface area contributed by atoms with Gasteiger partial charge in [0.15, 0.2) is 0 Å². The van der Waals surface area contributed by atoms with E-state index in [4.69, 9.17) is 5.11 Å². The minimum Gasteiger partial charge on any atom is -0.480 e. The Balaban J connectivity index is 1.93. The number of hydrogen-bond donors (Lipinski definition) is 3. The highest BCUT2D eigenvalue weighted by Crippen LogP contribution is 2.21. The summed E-state index contributed by atoms with van der Waals surface area (Å²) in [6.07, 6.45) is -0.699. The molecule has 104 valence electrons. The lowest BCUT2D eigenvalue weighted by Gasteiger charge is -2.21. The molecule has 2 atom stereocenters. The largest absolute Gasteiger partial charge is 0.480 e. The average molecular weight is 349 g/mol. The smallest absolute Gasteiger partial charge is 0.326 e. The molecular formula is C11H13BrN2O4S. The van der Waals surface area contributed by atoms with E-state index in [0.29, 0.717) is 6.54 Å². The van der Waals surface area contributed by atoms with Crippen LogP contribution in [-0.2, 0) is 11.3 Å². The Kier molecular flexibility index (Phi) is 4.43. The van der Waals surface area contributed by atoms with E-state index in [0.717, 1.165) is 14.2 Å². The Morgan fingerprint density at radius 3 is 2.89 bits per heavy atom. The molecule has 0 saturated carbocycles. The quantitative estimate of drug-likeness (QED) is 0.766. The van der Waals surface area contributed by atoms with Crippen LogP contribution in [-0.4, -0.2) is 45.8 Å². The van der Waals surface area contributed by atoms with Crippen LogP contribution >= 0.6 is 27.3 Å². The van der Waals surface area contributed by atoms with Crippen LogP contribution in [0.1, 0.15) is 11.3 Å². The molecule has 0 aliphatic carbocycles. The molecule has 0 bridgehead atoms. The van der Waals surface area contributed by atoms with Crippen molar-refractivity contribution < 1.29 is 19.8 Å². The standard InChI is InChI=1S/C11H13BrN2O4S/c12-6-1-8(19-5-6)3-13-11(18)14-4-7(15)2-9(14)10(16)17/h1,5,7,9,15H,2-4H2,(H,13,18)(H,16,17)/t7?,9-/m0/s1. The van der Waals surface area contributed by atoms with Crippen LogP contribution < -0.4 is 5.32 Å². The number of urea groups is 1. The molecule has 19 heavy (non-hydrogen) atoms. The fourth-order valence-corrected chi connectivity index (χ4v) is 3.37. The number of hydrogen-bond acceptors (Lipinski definition) is 4. The lowest BCUT2D eigenvalue weighted by Crippen LogP contribution is -2.45. The maximum absolute atomic E-state index is 11.9. The van der Waals surface area contributed by atoms with Gasteiger partial charge < -0.3 is 20.4 Å². The van der Waals surface area contributed by atoms with Crippen molar-refractivity contribution in [3.05, 3.63) is 20.8 Å². The number of nitrogens with one attached hydrogen (secondary N) is 1. The number of likely N-dealkylation sites (tertiary alicyclic amines) is 1. The number of aliphatic hydroxyl groups is 1. The second kappa shape index (κ2) is 5.89. The maximum atomic E-state index is 11.9. The third-order valence-electron chi connectivity index (χ3n) is 2.86. The molecular weight excluding hydrogens is 336 g/mol. The molecule has 0 radical (unpaired) electrons. The first-order valence-corrected chi connectivity index (χ1v) is 7.33. The fraction of sp³-hybridized carbons (Fsp3) is 0.455. The van der Waals surface area contributed by atoms with E-state index in [9.17, 15) is 14.7 Å². The summed E-state index contributed by atoms with van der Waals surface area (Å²) in [4.78, 5) is 25.0. The molecule has 0 aromatic carbocycles. The normalized spacial score (nSPS) is 22.5. The molecule has 1 aromatic rings. The summed E-state index contributed by atoms with van der Waals surface area (Å²) in [5, 5.41) is 23.0. The van der Waals surface area contributed by atoms with E-state index >= 15 is 0 Å². The SMILES string of the molecule is O=C(O)[C@@H]1CC(O)CN1C(=O)NCc1cc(Br)cs1. The van der Waals surface area contributed by atoms with Crippen LogP contribution in [0.5, 0.6) is 0 Å². The molecule has 8 heteroatoms. The number of thiophene rings is 1. The number of amides is 2. The van der Waals surface area contributed by atoms with Crippen molar-refractivity contribution in [2.24, 2.45) is 0 Å². The van der Waals surface area contributed by atoms with Crippen LogP contribution in [0, 0.1) is 0 Å². The van der Waals surface area contributed by atoms with Gasteiger partial charge in [0, 0.05) is 27.7 Å². The zero-order chi connectivity index (χ0) is 14.0. The number of carboxylic acids is 1. The van der Waals surface area contributed by atoms with Crippen LogP contribution in [0.3, 0.4) is 0 Å². The van der Waals surface area contributed by atoms with Crippen LogP contribution in [0.4, 0.5) is 4.79 Å². The van der Waals surface area contributed by atoms with Gasteiger partial charge >= 0.3 is 12.0 Å². The number of nitrogens with zero attached hydrogens (tertiary/aromatic N) is 1. The molecule has 2 rings (SSSR count). The lowest BCUT2D eigenvalue weighted by atomic mass is 10.2. The number of β-amino-alcohol motifs (C(OH)–C–C–N with tert-alkyl or cyclic N) is 1. The van der Waals surface area contributed by atoms with Crippen LogP contribution in [0.15, 0.2) is 15.9 Å². The third-order valence-corrected chi connectivity index (χ3v) is 4.56. The van der Waals surface area contributed by atoms with Gasteiger partial charge in [-0.2, -0.15) is 0 Å². The first kappa shape index (κ1) is 14.3. The van der Waals surface area contributed by atoms with Crippen LogP contribution in [0.2, 0.25) is 0 Å². The van der Waals surface area contributed by atoms with Gasteiger partial charge in [-0.05, 0) is 22.0 Å². The second-order valence-electron chi connectivity index (χ2n) is 4.29. The highest BCUT2D eigenvalue weighted by molar-refractivity contribution is 9.10. The maximum Gasteiger partial charge on any atom is 0.326 e. The topological polar surface area (TPSA) is 89.9 Å². The number of carboxylic acid groups (broad SMARTS) is 1. The molecule has 3 N–H and O–H groups in total. The summed E-state index contributed by atoms with van der Waals surface area (Å²) >= 11 is 4.81. The van der Waals surface area contributed by atoms with E-state index in [1.165, 1.54) is 11.3 Å². The number of aliphatic carboxylic acids is 1. The summed E-state index contributed by atoms with van der Waals surface area (Å²) < 4.78 is 0.946. The summed E-state index contributed by atoms with van der Waals surface area (Å²) in [6.45, 7) is 0.394. The monoisotopic (exact) mass is 348 g/mol. The Morgan fingerprint density at radius 1 is 1.58 bits per heavy atom. The van der Waals surface area contributed by atoms with Crippen molar-refractivity contribution in [3.8, 4) is 0 Å². The summed E-state index contributed by atoms with van der Waals surface area (Å²) in [6, 6.07) is 0.469. The Hall–Kier alpha value is -1.12. The van der Waals surface area contributed by atoms with Crippen LogP contribution in [0.25, 0.3) is 0 Å². The number of rotatable bonds is 3.